The quantitative estimate of drug-likeness (QED) is 0.743. The molecule has 2 rings (SSSR count). The fraction of sp³-hybridized carbons (Fsp3) is 0.529. The van der Waals surface area contributed by atoms with Crippen LogP contribution in [0.1, 0.15) is 50.5 Å². The maximum Gasteiger partial charge on any atom is 0.230 e. The van der Waals surface area contributed by atoms with Crippen LogP contribution >= 0.6 is 0 Å². The SMILES string of the molecule is CCc1nnc(CN(CC)CC[C@@H](C)c2ccccc2)o1. The predicted molar refractivity (Wildman–Crippen MR) is 84.1 cm³/mol. The molecule has 0 unspecified atom stereocenters. The average Bonchev–Trinajstić information content (AvgIpc) is 2.99. The third kappa shape index (κ3) is 4.67. The number of rotatable bonds is 8. The van der Waals surface area contributed by atoms with Crippen molar-refractivity contribution in [3.05, 3.63) is 47.7 Å². The maximum atomic E-state index is 5.59. The molecule has 21 heavy (non-hydrogen) atoms. The van der Waals surface area contributed by atoms with E-state index in [9.17, 15) is 0 Å². The van der Waals surface area contributed by atoms with Crippen molar-refractivity contribution in [2.45, 2.75) is 46.1 Å². The molecule has 1 heterocycles. The highest BCUT2D eigenvalue weighted by Crippen LogP contribution is 2.19. The van der Waals surface area contributed by atoms with Gasteiger partial charge in [-0.15, -0.1) is 10.2 Å². The zero-order valence-corrected chi connectivity index (χ0v) is 13.2. The van der Waals surface area contributed by atoms with Crippen LogP contribution in [-0.4, -0.2) is 28.2 Å². The Balaban J connectivity index is 1.84. The van der Waals surface area contributed by atoms with Crippen LogP contribution in [0, 0.1) is 0 Å². The molecule has 0 bridgehead atoms. The van der Waals surface area contributed by atoms with E-state index >= 15 is 0 Å². The molecule has 0 saturated carbocycles. The first-order chi connectivity index (χ1) is 10.2. The Morgan fingerprint density at radius 2 is 1.81 bits per heavy atom. The normalized spacial score (nSPS) is 12.8. The van der Waals surface area contributed by atoms with Crippen LogP contribution < -0.4 is 0 Å². The minimum absolute atomic E-state index is 0.564. The van der Waals surface area contributed by atoms with Crippen molar-refractivity contribution >= 4 is 0 Å². The van der Waals surface area contributed by atoms with Gasteiger partial charge in [0, 0.05) is 6.42 Å². The third-order valence-electron chi connectivity index (χ3n) is 3.86. The number of aryl methyl sites for hydroxylation is 1. The molecule has 4 heteroatoms. The fourth-order valence-corrected chi connectivity index (χ4v) is 2.36. The van der Waals surface area contributed by atoms with Crippen molar-refractivity contribution in [3.63, 3.8) is 0 Å². The summed E-state index contributed by atoms with van der Waals surface area (Å²) < 4.78 is 5.59. The highest BCUT2D eigenvalue weighted by molar-refractivity contribution is 5.18. The van der Waals surface area contributed by atoms with E-state index in [0.29, 0.717) is 5.92 Å². The molecule has 0 aliphatic carbocycles. The Hall–Kier alpha value is -1.68. The van der Waals surface area contributed by atoms with Crippen molar-refractivity contribution in [1.82, 2.24) is 15.1 Å². The van der Waals surface area contributed by atoms with Gasteiger partial charge in [-0.2, -0.15) is 0 Å². The van der Waals surface area contributed by atoms with Gasteiger partial charge in [0.2, 0.25) is 11.8 Å². The van der Waals surface area contributed by atoms with Crippen molar-refractivity contribution in [2.24, 2.45) is 0 Å². The van der Waals surface area contributed by atoms with Crippen LogP contribution in [0.25, 0.3) is 0 Å². The summed E-state index contributed by atoms with van der Waals surface area (Å²) in [5, 5.41) is 8.12. The van der Waals surface area contributed by atoms with E-state index in [4.69, 9.17) is 4.42 Å². The Morgan fingerprint density at radius 1 is 1.10 bits per heavy atom. The van der Waals surface area contributed by atoms with Crippen molar-refractivity contribution < 1.29 is 4.42 Å². The molecule has 0 saturated heterocycles. The highest BCUT2D eigenvalue weighted by atomic mass is 16.4. The summed E-state index contributed by atoms with van der Waals surface area (Å²) in [7, 11) is 0. The summed E-state index contributed by atoms with van der Waals surface area (Å²) in [5.74, 6) is 2.01. The number of aromatic nitrogens is 2. The van der Waals surface area contributed by atoms with Crippen LogP contribution in [0.15, 0.2) is 34.7 Å². The van der Waals surface area contributed by atoms with Crippen LogP contribution in [-0.2, 0) is 13.0 Å². The van der Waals surface area contributed by atoms with E-state index in [2.05, 4.69) is 59.3 Å². The molecule has 0 spiro atoms. The molecule has 0 amide bonds. The van der Waals surface area contributed by atoms with Crippen LogP contribution in [0.5, 0.6) is 0 Å². The number of hydrogen-bond acceptors (Lipinski definition) is 4. The van der Waals surface area contributed by atoms with Gasteiger partial charge in [-0.25, -0.2) is 0 Å². The smallest absolute Gasteiger partial charge is 0.230 e. The zero-order chi connectivity index (χ0) is 15.1. The molecule has 1 aromatic carbocycles. The Morgan fingerprint density at radius 3 is 2.43 bits per heavy atom. The van der Waals surface area contributed by atoms with Crippen LogP contribution in [0.4, 0.5) is 0 Å². The van der Waals surface area contributed by atoms with Crippen molar-refractivity contribution in [1.29, 1.82) is 0 Å². The first kappa shape index (κ1) is 15.7. The largest absolute Gasteiger partial charge is 0.424 e. The standard InChI is InChI=1S/C17H25N3O/c1-4-16-18-19-17(21-16)13-20(5-2)12-11-14(3)15-9-7-6-8-10-15/h6-10,14H,4-5,11-13H2,1-3H3/t14-/m1/s1. The molecular weight excluding hydrogens is 262 g/mol. The minimum Gasteiger partial charge on any atom is -0.424 e. The molecule has 0 fully saturated rings. The average molecular weight is 287 g/mol. The van der Waals surface area contributed by atoms with E-state index in [-0.39, 0.29) is 0 Å². The van der Waals surface area contributed by atoms with E-state index in [1.54, 1.807) is 0 Å². The topological polar surface area (TPSA) is 42.2 Å². The van der Waals surface area contributed by atoms with E-state index < -0.39 is 0 Å². The highest BCUT2D eigenvalue weighted by Gasteiger charge is 2.12. The lowest BCUT2D eigenvalue weighted by molar-refractivity contribution is 0.240. The maximum absolute atomic E-state index is 5.59. The molecule has 0 aliphatic heterocycles. The zero-order valence-electron chi connectivity index (χ0n) is 13.2. The molecule has 0 N–H and O–H groups in total. The van der Waals surface area contributed by atoms with E-state index in [1.165, 1.54) is 5.56 Å². The van der Waals surface area contributed by atoms with E-state index in [1.807, 2.05) is 6.92 Å². The summed E-state index contributed by atoms with van der Waals surface area (Å²) in [4.78, 5) is 2.35. The summed E-state index contributed by atoms with van der Waals surface area (Å²) in [6, 6.07) is 10.7. The van der Waals surface area contributed by atoms with Gasteiger partial charge in [0.1, 0.15) is 0 Å². The summed E-state index contributed by atoms with van der Waals surface area (Å²) in [6.45, 7) is 9.25. The van der Waals surface area contributed by atoms with Crippen LogP contribution in [0.2, 0.25) is 0 Å². The predicted octanol–water partition coefficient (Wildman–Crippen LogP) is 3.65. The third-order valence-corrected chi connectivity index (χ3v) is 3.86. The lowest BCUT2D eigenvalue weighted by Crippen LogP contribution is -2.25. The second-order valence-electron chi connectivity index (χ2n) is 5.41. The molecule has 114 valence electrons. The van der Waals surface area contributed by atoms with Gasteiger partial charge in [0.15, 0.2) is 0 Å². The summed E-state index contributed by atoms with van der Waals surface area (Å²) in [5.41, 5.74) is 1.40. The first-order valence-corrected chi connectivity index (χ1v) is 7.81. The molecule has 4 nitrogen and oxygen atoms in total. The molecule has 1 aromatic heterocycles. The Labute approximate surface area is 127 Å². The second-order valence-corrected chi connectivity index (χ2v) is 5.41. The van der Waals surface area contributed by atoms with Gasteiger partial charge in [0.05, 0.1) is 6.54 Å². The molecular formula is C17H25N3O. The first-order valence-electron chi connectivity index (χ1n) is 7.81. The molecule has 0 radical (unpaired) electrons. The Bertz CT molecular complexity index is 524. The van der Waals surface area contributed by atoms with Gasteiger partial charge >= 0.3 is 0 Å². The number of hydrogen-bond donors (Lipinski definition) is 0. The minimum atomic E-state index is 0.564. The molecule has 1 atom stereocenters. The van der Waals surface area contributed by atoms with Gasteiger partial charge in [0.25, 0.3) is 0 Å². The van der Waals surface area contributed by atoms with Gasteiger partial charge in [-0.05, 0) is 31.0 Å². The Kier molecular flexibility index (Phi) is 5.93. The number of benzene rings is 1. The van der Waals surface area contributed by atoms with Crippen molar-refractivity contribution in [3.8, 4) is 0 Å². The fourth-order valence-electron chi connectivity index (χ4n) is 2.36. The lowest BCUT2D eigenvalue weighted by Gasteiger charge is -2.21. The van der Waals surface area contributed by atoms with Crippen LogP contribution in [0.3, 0.4) is 0 Å². The van der Waals surface area contributed by atoms with Gasteiger partial charge < -0.3 is 4.42 Å². The van der Waals surface area contributed by atoms with Crippen molar-refractivity contribution in [2.75, 3.05) is 13.1 Å². The van der Waals surface area contributed by atoms with Gasteiger partial charge in [-0.3, -0.25) is 4.90 Å². The lowest BCUT2D eigenvalue weighted by atomic mass is 9.98. The summed E-state index contributed by atoms with van der Waals surface area (Å²) in [6.07, 6.45) is 1.93. The number of nitrogens with zero attached hydrogens (tertiary/aromatic N) is 3. The molecule has 0 aliphatic rings. The molecule has 2 aromatic rings. The monoisotopic (exact) mass is 287 g/mol. The summed E-state index contributed by atoms with van der Waals surface area (Å²) >= 11 is 0. The van der Waals surface area contributed by atoms with Gasteiger partial charge in [-0.1, -0.05) is 51.1 Å². The second kappa shape index (κ2) is 7.93. The van der Waals surface area contributed by atoms with E-state index in [0.717, 1.165) is 44.3 Å².